The molecule has 1 N–H and O–H groups in total. The van der Waals surface area contributed by atoms with Crippen molar-refractivity contribution < 1.29 is 19.1 Å². The number of ether oxygens (including phenoxy) is 1. The number of nitrogens with zero attached hydrogens (tertiary/aromatic N) is 3. The van der Waals surface area contributed by atoms with Crippen molar-refractivity contribution in [3.05, 3.63) is 82.4 Å². The van der Waals surface area contributed by atoms with Crippen LogP contribution in [-0.4, -0.2) is 21.2 Å². The van der Waals surface area contributed by atoms with Gasteiger partial charge >= 0.3 is 11.7 Å². The first-order valence-electron chi connectivity index (χ1n) is 8.16. The van der Waals surface area contributed by atoms with Gasteiger partial charge in [-0.3, -0.25) is 10.1 Å². The van der Waals surface area contributed by atoms with Gasteiger partial charge in [0, 0.05) is 11.8 Å². The van der Waals surface area contributed by atoms with Gasteiger partial charge in [0.1, 0.15) is 5.75 Å². The van der Waals surface area contributed by atoms with Crippen molar-refractivity contribution in [2.75, 3.05) is 5.32 Å². The lowest BCUT2D eigenvalue weighted by molar-refractivity contribution is -0.383. The molecular formula is C19H12N4O5. The molecule has 0 bridgehead atoms. The maximum absolute atomic E-state index is 12.2. The van der Waals surface area contributed by atoms with Crippen LogP contribution < -0.4 is 10.1 Å². The third-order valence-electron chi connectivity index (χ3n) is 3.94. The Kier molecular flexibility index (Phi) is 4.38. The molecule has 0 unspecified atom stereocenters. The molecule has 0 atom stereocenters. The van der Waals surface area contributed by atoms with Crippen LogP contribution in [0.2, 0.25) is 0 Å². The Balaban J connectivity index is 1.53. The topological polar surface area (TPSA) is 120 Å². The van der Waals surface area contributed by atoms with Crippen molar-refractivity contribution in [3.8, 4) is 5.75 Å². The van der Waals surface area contributed by atoms with Gasteiger partial charge in [-0.15, -0.1) is 0 Å². The fourth-order valence-electron chi connectivity index (χ4n) is 2.60. The first kappa shape index (κ1) is 17.2. The zero-order valence-electron chi connectivity index (χ0n) is 14.2. The molecule has 0 saturated heterocycles. The van der Waals surface area contributed by atoms with Gasteiger partial charge in [-0.2, -0.15) is 0 Å². The minimum atomic E-state index is -0.552. The van der Waals surface area contributed by atoms with Crippen molar-refractivity contribution in [1.82, 2.24) is 10.3 Å². The Labute approximate surface area is 157 Å². The van der Waals surface area contributed by atoms with E-state index in [0.29, 0.717) is 22.7 Å². The molecule has 0 fully saturated rings. The molecular weight excluding hydrogens is 364 g/mol. The van der Waals surface area contributed by atoms with E-state index < -0.39 is 10.9 Å². The third-order valence-corrected chi connectivity index (χ3v) is 3.94. The number of nitro groups is 1. The molecule has 0 spiro atoms. The minimum Gasteiger partial charge on any atom is -0.423 e. The Morgan fingerprint density at radius 3 is 2.39 bits per heavy atom. The standard InChI is InChI=1S/C19H12N4O5/c24-19(27-14-4-2-1-3-5-14)12-6-8-13(9-7-12)20-15-10-11-16(23(25)26)18-17(15)21-28-22-18/h1-11,20H. The van der Waals surface area contributed by atoms with E-state index in [4.69, 9.17) is 4.74 Å². The van der Waals surface area contributed by atoms with Gasteiger partial charge in [0.05, 0.1) is 16.2 Å². The number of aromatic nitrogens is 2. The van der Waals surface area contributed by atoms with E-state index in [1.807, 2.05) is 6.07 Å². The maximum atomic E-state index is 12.2. The largest absolute Gasteiger partial charge is 0.423 e. The summed E-state index contributed by atoms with van der Waals surface area (Å²) in [4.78, 5) is 22.7. The van der Waals surface area contributed by atoms with Crippen molar-refractivity contribution in [2.45, 2.75) is 0 Å². The molecule has 0 saturated carbocycles. The molecule has 1 aromatic heterocycles. The summed E-state index contributed by atoms with van der Waals surface area (Å²) in [6, 6.07) is 18.2. The van der Waals surface area contributed by atoms with Crippen LogP contribution in [0, 0.1) is 10.1 Å². The lowest BCUT2D eigenvalue weighted by Crippen LogP contribution is -2.08. The summed E-state index contributed by atoms with van der Waals surface area (Å²) in [7, 11) is 0. The highest BCUT2D eigenvalue weighted by Crippen LogP contribution is 2.30. The number of carbonyl (C=O) groups excluding carboxylic acids is 1. The second kappa shape index (κ2) is 7.16. The zero-order chi connectivity index (χ0) is 19.5. The average Bonchev–Trinajstić information content (AvgIpc) is 3.19. The number of hydrogen-bond acceptors (Lipinski definition) is 8. The molecule has 9 heteroatoms. The molecule has 0 amide bonds. The van der Waals surface area contributed by atoms with E-state index in [0.717, 1.165) is 0 Å². The number of benzene rings is 3. The van der Waals surface area contributed by atoms with Gasteiger partial charge < -0.3 is 10.1 Å². The number of fused-ring (bicyclic) bond motifs is 1. The second-order valence-electron chi connectivity index (χ2n) is 5.76. The SMILES string of the molecule is O=C(Oc1ccccc1)c1ccc(Nc2ccc([N+](=O)[O-])c3nonc23)cc1. The van der Waals surface area contributed by atoms with E-state index in [9.17, 15) is 14.9 Å². The van der Waals surface area contributed by atoms with E-state index in [-0.39, 0.29) is 16.7 Å². The van der Waals surface area contributed by atoms with Crippen LogP contribution in [0.25, 0.3) is 11.0 Å². The molecule has 138 valence electrons. The van der Waals surface area contributed by atoms with E-state index >= 15 is 0 Å². The number of hydrogen-bond donors (Lipinski definition) is 1. The zero-order valence-corrected chi connectivity index (χ0v) is 14.2. The van der Waals surface area contributed by atoms with Crippen molar-refractivity contribution in [2.24, 2.45) is 0 Å². The molecule has 28 heavy (non-hydrogen) atoms. The van der Waals surface area contributed by atoms with Crippen LogP contribution in [0.3, 0.4) is 0 Å². The Hall–Kier alpha value is -4.27. The third kappa shape index (κ3) is 3.36. The molecule has 4 aromatic rings. The lowest BCUT2D eigenvalue weighted by atomic mass is 10.2. The number of nitro benzene ring substituents is 1. The average molecular weight is 376 g/mol. The van der Waals surface area contributed by atoms with Crippen LogP contribution >= 0.6 is 0 Å². The Morgan fingerprint density at radius 1 is 0.964 bits per heavy atom. The minimum absolute atomic E-state index is 0.0538. The van der Waals surface area contributed by atoms with Crippen LogP contribution in [0.5, 0.6) is 5.75 Å². The predicted octanol–water partition coefficient (Wildman–Crippen LogP) is 4.09. The first-order valence-corrected chi connectivity index (χ1v) is 8.16. The number of anilines is 2. The van der Waals surface area contributed by atoms with Crippen LogP contribution in [-0.2, 0) is 0 Å². The number of esters is 1. The van der Waals surface area contributed by atoms with Gasteiger partial charge in [-0.1, -0.05) is 18.2 Å². The van der Waals surface area contributed by atoms with E-state index in [2.05, 4.69) is 20.3 Å². The van der Waals surface area contributed by atoms with Gasteiger partial charge in [-0.25, -0.2) is 9.42 Å². The van der Waals surface area contributed by atoms with Crippen LogP contribution in [0.1, 0.15) is 10.4 Å². The highest BCUT2D eigenvalue weighted by molar-refractivity contribution is 5.95. The molecule has 3 aromatic carbocycles. The number of para-hydroxylation sites is 1. The molecule has 0 aliphatic rings. The molecule has 0 aliphatic carbocycles. The maximum Gasteiger partial charge on any atom is 0.343 e. The normalized spacial score (nSPS) is 10.6. The van der Waals surface area contributed by atoms with Gasteiger partial charge in [0.25, 0.3) is 0 Å². The molecule has 1 heterocycles. The van der Waals surface area contributed by atoms with Crippen molar-refractivity contribution >= 4 is 34.1 Å². The summed E-state index contributed by atoms with van der Waals surface area (Å²) in [5, 5.41) is 21.4. The quantitative estimate of drug-likeness (QED) is 0.239. The van der Waals surface area contributed by atoms with Gasteiger partial charge in [0.2, 0.25) is 5.52 Å². The number of carbonyl (C=O) groups is 1. The number of nitrogens with one attached hydrogen (secondary N) is 1. The van der Waals surface area contributed by atoms with E-state index in [1.165, 1.54) is 12.1 Å². The second-order valence-corrected chi connectivity index (χ2v) is 5.76. The highest BCUT2D eigenvalue weighted by Gasteiger charge is 2.19. The summed E-state index contributed by atoms with van der Waals surface area (Å²) in [6.07, 6.45) is 0. The van der Waals surface area contributed by atoms with Crippen LogP contribution in [0.15, 0.2) is 71.4 Å². The fourth-order valence-corrected chi connectivity index (χ4v) is 2.60. The molecule has 4 rings (SSSR count). The molecule has 9 nitrogen and oxygen atoms in total. The summed E-state index contributed by atoms with van der Waals surface area (Å²) in [5.41, 5.74) is 1.61. The Bertz CT molecular complexity index is 1160. The fraction of sp³-hybridized carbons (Fsp3) is 0. The van der Waals surface area contributed by atoms with Gasteiger partial charge in [-0.05, 0) is 52.8 Å². The van der Waals surface area contributed by atoms with Gasteiger partial charge in [0.15, 0.2) is 5.52 Å². The predicted molar refractivity (Wildman–Crippen MR) is 99.6 cm³/mol. The lowest BCUT2D eigenvalue weighted by Gasteiger charge is -2.08. The van der Waals surface area contributed by atoms with Crippen LogP contribution in [0.4, 0.5) is 17.1 Å². The molecule has 0 radical (unpaired) electrons. The first-order chi connectivity index (χ1) is 13.6. The number of rotatable bonds is 5. The van der Waals surface area contributed by atoms with Crippen molar-refractivity contribution in [1.29, 1.82) is 0 Å². The molecule has 0 aliphatic heterocycles. The monoisotopic (exact) mass is 376 g/mol. The summed E-state index contributed by atoms with van der Waals surface area (Å²) < 4.78 is 9.92. The Morgan fingerprint density at radius 2 is 1.68 bits per heavy atom. The summed E-state index contributed by atoms with van der Waals surface area (Å²) in [5.74, 6) is -0.0160. The summed E-state index contributed by atoms with van der Waals surface area (Å²) >= 11 is 0. The highest BCUT2D eigenvalue weighted by atomic mass is 16.6. The number of non-ortho nitro benzene ring substituents is 1. The van der Waals surface area contributed by atoms with E-state index in [1.54, 1.807) is 48.5 Å². The summed E-state index contributed by atoms with van der Waals surface area (Å²) in [6.45, 7) is 0. The smallest absolute Gasteiger partial charge is 0.343 e. The van der Waals surface area contributed by atoms with Crippen molar-refractivity contribution in [3.63, 3.8) is 0 Å².